The Hall–Kier alpha value is -1.81. The van der Waals surface area contributed by atoms with Gasteiger partial charge in [0.25, 0.3) is 0 Å². The highest BCUT2D eigenvalue weighted by atomic mass is 16.1. The molecule has 108 valence electrons. The maximum Gasteiger partial charge on any atom is 0.220 e. The van der Waals surface area contributed by atoms with Crippen LogP contribution in [0.25, 0.3) is 10.9 Å². The molecule has 0 aliphatic rings. The van der Waals surface area contributed by atoms with Crippen LogP contribution in [0.5, 0.6) is 0 Å². The normalized spacial score (nSPS) is 11.8. The molecule has 2 rings (SSSR count). The van der Waals surface area contributed by atoms with Gasteiger partial charge in [-0.3, -0.25) is 4.79 Å². The first kappa shape index (κ1) is 14.6. The number of amides is 1. The predicted octanol–water partition coefficient (Wildman–Crippen LogP) is 2.34. The molecule has 0 radical (unpaired) electrons. The number of aromatic nitrogens is 1. The minimum absolute atomic E-state index is 0.0697. The van der Waals surface area contributed by atoms with Crippen LogP contribution in [0.1, 0.15) is 32.3 Å². The molecule has 1 amide bonds. The van der Waals surface area contributed by atoms with Gasteiger partial charge in [0.05, 0.1) is 0 Å². The van der Waals surface area contributed by atoms with Crippen molar-refractivity contribution in [1.29, 1.82) is 0 Å². The van der Waals surface area contributed by atoms with Gasteiger partial charge in [-0.2, -0.15) is 0 Å². The number of rotatable bonds is 6. The van der Waals surface area contributed by atoms with Crippen molar-refractivity contribution in [2.45, 2.75) is 38.6 Å². The Balaban J connectivity index is 1.86. The molecule has 0 aliphatic carbocycles. The van der Waals surface area contributed by atoms with Crippen LogP contribution in [-0.2, 0) is 11.2 Å². The van der Waals surface area contributed by atoms with Crippen LogP contribution in [0.2, 0.25) is 0 Å². The molecule has 4 heteroatoms. The van der Waals surface area contributed by atoms with Gasteiger partial charge in [-0.15, -0.1) is 0 Å². The molecular weight excluding hydrogens is 250 g/mol. The quantitative estimate of drug-likeness (QED) is 0.756. The molecule has 0 unspecified atom stereocenters. The summed E-state index contributed by atoms with van der Waals surface area (Å²) in [5.74, 6) is 0.0697. The second-order valence-electron chi connectivity index (χ2n) is 5.85. The fourth-order valence-corrected chi connectivity index (χ4v) is 2.27. The number of benzene rings is 1. The molecule has 1 heterocycles. The first-order valence-electron chi connectivity index (χ1n) is 7.08. The molecule has 4 nitrogen and oxygen atoms in total. The molecule has 1 aromatic heterocycles. The third-order valence-electron chi connectivity index (χ3n) is 3.51. The Bertz CT molecular complexity index is 586. The highest BCUT2D eigenvalue weighted by Gasteiger charge is 2.17. The summed E-state index contributed by atoms with van der Waals surface area (Å²) in [7, 11) is 0. The lowest BCUT2D eigenvalue weighted by Crippen LogP contribution is -2.48. The van der Waals surface area contributed by atoms with Gasteiger partial charge in [0, 0.05) is 35.6 Å². The third-order valence-corrected chi connectivity index (χ3v) is 3.51. The Morgan fingerprint density at radius 1 is 1.35 bits per heavy atom. The number of carbonyl (C=O) groups is 1. The molecule has 0 saturated carbocycles. The average molecular weight is 273 g/mol. The van der Waals surface area contributed by atoms with Crippen molar-refractivity contribution in [2.24, 2.45) is 5.73 Å². The number of hydrogen-bond acceptors (Lipinski definition) is 2. The van der Waals surface area contributed by atoms with Gasteiger partial charge in [0.1, 0.15) is 0 Å². The highest BCUT2D eigenvalue weighted by Crippen LogP contribution is 2.19. The largest absolute Gasteiger partial charge is 0.361 e. The van der Waals surface area contributed by atoms with Crippen LogP contribution in [0.4, 0.5) is 0 Å². The Labute approximate surface area is 119 Å². The topological polar surface area (TPSA) is 70.9 Å². The highest BCUT2D eigenvalue weighted by molar-refractivity contribution is 5.83. The molecule has 0 aliphatic heterocycles. The molecule has 0 fully saturated rings. The summed E-state index contributed by atoms with van der Waals surface area (Å²) in [5, 5.41) is 4.20. The molecule has 0 saturated heterocycles. The Morgan fingerprint density at radius 3 is 2.85 bits per heavy atom. The minimum atomic E-state index is -0.322. The second-order valence-corrected chi connectivity index (χ2v) is 5.85. The van der Waals surface area contributed by atoms with Crippen molar-refractivity contribution in [2.75, 3.05) is 6.54 Å². The van der Waals surface area contributed by atoms with Crippen LogP contribution in [0.15, 0.2) is 30.5 Å². The number of carbonyl (C=O) groups excluding carboxylic acids is 1. The summed E-state index contributed by atoms with van der Waals surface area (Å²) in [6.45, 7) is 4.32. The molecule has 4 N–H and O–H groups in total. The van der Waals surface area contributed by atoms with Crippen molar-refractivity contribution in [3.8, 4) is 0 Å². The number of H-pyrrole nitrogens is 1. The zero-order valence-electron chi connectivity index (χ0n) is 12.2. The predicted molar refractivity (Wildman–Crippen MR) is 82.5 cm³/mol. The van der Waals surface area contributed by atoms with Crippen molar-refractivity contribution in [1.82, 2.24) is 10.3 Å². The smallest absolute Gasteiger partial charge is 0.220 e. The van der Waals surface area contributed by atoms with E-state index in [9.17, 15) is 4.79 Å². The van der Waals surface area contributed by atoms with E-state index in [1.807, 2.05) is 32.2 Å². The molecular formula is C16H23N3O. The zero-order valence-corrected chi connectivity index (χ0v) is 12.2. The standard InChI is InChI=1S/C16H23N3O/c1-16(2,11-17)19-15(20)9-5-6-12-10-18-14-8-4-3-7-13(12)14/h3-4,7-8,10,18H,5-6,9,11,17H2,1-2H3,(H,19,20). The van der Waals surface area contributed by atoms with Crippen LogP contribution < -0.4 is 11.1 Å². The molecule has 0 spiro atoms. The van der Waals surface area contributed by atoms with Crippen molar-refractivity contribution < 1.29 is 4.79 Å². The summed E-state index contributed by atoms with van der Waals surface area (Å²) in [4.78, 5) is 15.1. The van der Waals surface area contributed by atoms with Crippen LogP contribution in [0, 0.1) is 0 Å². The van der Waals surface area contributed by atoms with Gasteiger partial charge >= 0.3 is 0 Å². The number of para-hydroxylation sites is 1. The molecule has 0 atom stereocenters. The van der Waals surface area contributed by atoms with E-state index in [1.165, 1.54) is 10.9 Å². The van der Waals surface area contributed by atoms with Gasteiger partial charge in [-0.1, -0.05) is 18.2 Å². The maximum absolute atomic E-state index is 11.8. The number of nitrogens with two attached hydrogens (primary N) is 1. The number of nitrogens with one attached hydrogen (secondary N) is 2. The first-order chi connectivity index (χ1) is 9.52. The van der Waals surface area contributed by atoms with Gasteiger partial charge in [-0.25, -0.2) is 0 Å². The molecule has 2 aromatic rings. The molecule has 1 aromatic carbocycles. The van der Waals surface area contributed by atoms with Gasteiger partial charge in [0.2, 0.25) is 5.91 Å². The van der Waals surface area contributed by atoms with E-state index in [-0.39, 0.29) is 11.4 Å². The maximum atomic E-state index is 11.8. The van der Waals surface area contributed by atoms with E-state index >= 15 is 0 Å². The van der Waals surface area contributed by atoms with E-state index in [1.54, 1.807) is 0 Å². The van der Waals surface area contributed by atoms with E-state index in [0.717, 1.165) is 18.4 Å². The lowest BCUT2D eigenvalue weighted by Gasteiger charge is -2.24. The summed E-state index contributed by atoms with van der Waals surface area (Å²) in [5.41, 5.74) is 7.70. The summed E-state index contributed by atoms with van der Waals surface area (Å²) >= 11 is 0. The van der Waals surface area contributed by atoms with Gasteiger partial charge < -0.3 is 16.0 Å². The van der Waals surface area contributed by atoms with E-state index in [4.69, 9.17) is 5.73 Å². The van der Waals surface area contributed by atoms with Crippen molar-refractivity contribution >= 4 is 16.8 Å². The van der Waals surface area contributed by atoms with Crippen molar-refractivity contribution in [3.63, 3.8) is 0 Å². The fraction of sp³-hybridized carbons (Fsp3) is 0.438. The number of hydrogen-bond donors (Lipinski definition) is 3. The first-order valence-corrected chi connectivity index (χ1v) is 7.08. The van der Waals surface area contributed by atoms with E-state index in [0.29, 0.717) is 13.0 Å². The van der Waals surface area contributed by atoms with Crippen molar-refractivity contribution in [3.05, 3.63) is 36.0 Å². The van der Waals surface area contributed by atoms with Gasteiger partial charge in [-0.05, 0) is 38.3 Å². The second kappa shape index (κ2) is 6.09. The minimum Gasteiger partial charge on any atom is -0.361 e. The zero-order chi connectivity index (χ0) is 14.6. The third kappa shape index (κ3) is 3.61. The Kier molecular flexibility index (Phi) is 4.45. The summed E-state index contributed by atoms with van der Waals surface area (Å²) in [6, 6.07) is 8.23. The van der Waals surface area contributed by atoms with Crippen LogP contribution >= 0.6 is 0 Å². The number of fused-ring (bicyclic) bond motifs is 1. The van der Waals surface area contributed by atoms with E-state index in [2.05, 4.69) is 22.4 Å². The lowest BCUT2D eigenvalue weighted by atomic mass is 10.0. The number of aromatic amines is 1. The summed E-state index contributed by atoms with van der Waals surface area (Å²) < 4.78 is 0. The SMILES string of the molecule is CC(C)(CN)NC(=O)CCCc1c[nH]c2ccccc12. The molecule has 20 heavy (non-hydrogen) atoms. The summed E-state index contributed by atoms with van der Waals surface area (Å²) in [6.07, 6.45) is 4.31. The number of aryl methyl sites for hydroxylation is 1. The van der Waals surface area contributed by atoms with E-state index < -0.39 is 0 Å². The lowest BCUT2D eigenvalue weighted by molar-refractivity contribution is -0.122. The van der Waals surface area contributed by atoms with Crippen LogP contribution in [-0.4, -0.2) is 23.0 Å². The average Bonchev–Trinajstić information content (AvgIpc) is 2.82. The Morgan fingerprint density at radius 2 is 2.10 bits per heavy atom. The van der Waals surface area contributed by atoms with Gasteiger partial charge in [0.15, 0.2) is 0 Å². The molecule has 0 bridgehead atoms. The van der Waals surface area contributed by atoms with Crippen LogP contribution in [0.3, 0.4) is 0 Å². The monoisotopic (exact) mass is 273 g/mol. The fourth-order valence-electron chi connectivity index (χ4n) is 2.27.